The summed E-state index contributed by atoms with van der Waals surface area (Å²) in [6, 6.07) is 9.72. The van der Waals surface area contributed by atoms with Crippen LogP contribution in [0.1, 0.15) is 35.2 Å². The number of para-hydroxylation sites is 1. The van der Waals surface area contributed by atoms with Crippen molar-refractivity contribution >= 4 is 5.91 Å². The molecule has 26 heavy (non-hydrogen) atoms. The quantitative estimate of drug-likeness (QED) is 0.727. The number of hydrogen-bond donors (Lipinski definition) is 0. The maximum absolute atomic E-state index is 13.4. The van der Waals surface area contributed by atoms with Crippen molar-refractivity contribution in [3.63, 3.8) is 0 Å². The molecule has 0 saturated carbocycles. The second-order valence-corrected chi connectivity index (χ2v) is 6.86. The summed E-state index contributed by atoms with van der Waals surface area (Å²) in [5.41, 5.74) is 2.66. The van der Waals surface area contributed by atoms with Crippen molar-refractivity contribution in [1.82, 2.24) is 24.5 Å². The number of aromatic nitrogens is 4. The van der Waals surface area contributed by atoms with Crippen molar-refractivity contribution in [3.8, 4) is 5.69 Å². The Morgan fingerprint density at radius 2 is 2.08 bits per heavy atom. The fourth-order valence-corrected chi connectivity index (χ4v) is 3.66. The number of amides is 1. The largest absolute Gasteiger partial charge is 0.334 e. The van der Waals surface area contributed by atoms with E-state index in [1.807, 2.05) is 65.4 Å². The van der Waals surface area contributed by atoms with Crippen molar-refractivity contribution in [1.29, 1.82) is 0 Å². The van der Waals surface area contributed by atoms with Gasteiger partial charge in [-0.25, -0.2) is 4.68 Å². The van der Waals surface area contributed by atoms with Crippen molar-refractivity contribution in [3.05, 3.63) is 66.2 Å². The van der Waals surface area contributed by atoms with Gasteiger partial charge in [0.15, 0.2) is 0 Å². The number of carbonyl (C=O) groups excluding carboxylic acids is 1. The molecule has 3 heterocycles. The van der Waals surface area contributed by atoms with Gasteiger partial charge < -0.3 is 4.90 Å². The monoisotopic (exact) mass is 349 g/mol. The zero-order valence-electron chi connectivity index (χ0n) is 15.0. The van der Waals surface area contributed by atoms with Gasteiger partial charge in [0, 0.05) is 25.1 Å². The van der Waals surface area contributed by atoms with E-state index in [1.165, 1.54) is 0 Å². The highest BCUT2D eigenvalue weighted by molar-refractivity contribution is 5.98. The molecule has 0 radical (unpaired) electrons. The molecule has 1 aliphatic rings. The molecule has 0 unspecified atom stereocenters. The summed E-state index contributed by atoms with van der Waals surface area (Å²) in [5, 5.41) is 8.70. The van der Waals surface area contributed by atoms with Gasteiger partial charge in [-0.1, -0.05) is 12.1 Å². The Morgan fingerprint density at radius 1 is 1.19 bits per heavy atom. The van der Waals surface area contributed by atoms with Crippen LogP contribution in [0.5, 0.6) is 0 Å². The Balaban J connectivity index is 1.62. The maximum atomic E-state index is 13.4. The van der Waals surface area contributed by atoms with Gasteiger partial charge in [-0.15, -0.1) is 0 Å². The van der Waals surface area contributed by atoms with Crippen LogP contribution in [-0.4, -0.2) is 43.0 Å². The first-order valence-corrected chi connectivity index (χ1v) is 9.11. The molecular formula is C20H23N5O. The number of aryl methyl sites for hydroxylation is 1. The highest BCUT2D eigenvalue weighted by Gasteiger charge is 2.29. The standard InChI is InChI=1S/C20H23N5O/c1-16-13-22-23(14-16)15-17-7-4-5-11-24(17)20(26)18-8-2-3-9-19(18)25-12-6-10-21-25/h2-3,6,8-10,12-14,17H,4-5,7,11,15H2,1H3/t17-/m0/s1. The highest BCUT2D eigenvalue weighted by Crippen LogP contribution is 2.23. The third kappa shape index (κ3) is 3.27. The molecular weight excluding hydrogens is 326 g/mol. The lowest BCUT2D eigenvalue weighted by Crippen LogP contribution is -2.46. The van der Waals surface area contributed by atoms with Crippen LogP contribution in [0.15, 0.2) is 55.1 Å². The fraction of sp³-hybridized carbons (Fsp3) is 0.350. The van der Waals surface area contributed by atoms with E-state index >= 15 is 0 Å². The zero-order valence-corrected chi connectivity index (χ0v) is 15.0. The average Bonchev–Trinajstić information content (AvgIpc) is 3.34. The topological polar surface area (TPSA) is 56.0 Å². The Bertz CT molecular complexity index is 883. The van der Waals surface area contributed by atoms with E-state index in [0.717, 1.165) is 43.6 Å². The van der Waals surface area contributed by atoms with Gasteiger partial charge >= 0.3 is 0 Å². The average molecular weight is 349 g/mol. The Hall–Kier alpha value is -2.89. The summed E-state index contributed by atoms with van der Waals surface area (Å²) < 4.78 is 3.70. The Morgan fingerprint density at radius 3 is 2.85 bits per heavy atom. The van der Waals surface area contributed by atoms with E-state index in [0.29, 0.717) is 5.56 Å². The van der Waals surface area contributed by atoms with Crippen LogP contribution < -0.4 is 0 Å². The summed E-state index contributed by atoms with van der Waals surface area (Å²) in [6.45, 7) is 3.56. The van der Waals surface area contributed by atoms with Crippen LogP contribution in [-0.2, 0) is 6.54 Å². The number of nitrogens with zero attached hydrogens (tertiary/aromatic N) is 5. The van der Waals surface area contributed by atoms with E-state index in [2.05, 4.69) is 10.2 Å². The van der Waals surface area contributed by atoms with E-state index < -0.39 is 0 Å². The molecule has 6 nitrogen and oxygen atoms in total. The molecule has 1 aliphatic heterocycles. The number of likely N-dealkylation sites (tertiary alicyclic amines) is 1. The molecule has 134 valence electrons. The molecule has 0 bridgehead atoms. The number of rotatable bonds is 4. The molecule has 2 aromatic heterocycles. The minimum absolute atomic E-state index is 0.0738. The first kappa shape index (κ1) is 16.6. The Labute approximate surface area is 153 Å². The number of carbonyl (C=O) groups is 1. The summed E-state index contributed by atoms with van der Waals surface area (Å²) in [6.07, 6.45) is 10.7. The van der Waals surface area contributed by atoms with Crippen molar-refractivity contribution in [2.24, 2.45) is 0 Å². The van der Waals surface area contributed by atoms with Crippen molar-refractivity contribution in [2.75, 3.05) is 6.54 Å². The lowest BCUT2D eigenvalue weighted by molar-refractivity contribution is 0.0584. The molecule has 1 aromatic carbocycles. The minimum Gasteiger partial charge on any atom is -0.334 e. The van der Waals surface area contributed by atoms with E-state index in [-0.39, 0.29) is 11.9 Å². The molecule has 1 amide bonds. The van der Waals surface area contributed by atoms with Crippen LogP contribution in [0.3, 0.4) is 0 Å². The molecule has 0 spiro atoms. The number of hydrogen-bond acceptors (Lipinski definition) is 3. The second-order valence-electron chi connectivity index (χ2n) is 6.86. The predicted molar refractivity (Wildman–Crippen MR) is 99.2 cm³/mol. The first-order valence-electron chi connectivity index (χ1n) is 9.11. The summed E-state index contributed by atoms with van der Waals surface area (Å²) in [7, 11) is 0. The number of piperidine rings is 1. The predicted octanol–water partition coefficient (Wildman–Crippen LogP) is 3.07. The lowest BCUT2D eigenvalue weighted by Gasteiger charge is -2.36. The zero-order chi connectivity index (χ0) is 17.9. The second kappa shape index (κ2) is 7.15. The summed E-state index contributed by atoms with van der Waals surface area (Å²) >= 11 is 0. The lowest BCUT2D eigenvalue weighted by atomic mass is 10.00. The van der Waals surface area contributed by atoms with Gasteiger partial charge in [-0.2, -0.15) is 10.2 Å². The van der Waals surface area contributed by atoms with Crippen molar-refractivity contribution in [2.45, 2.75) is 38.8 Å². The third-order valence-corrected chi connectivity index (χ3v) is 4.93. The molecule has 1 saturated heterocycles. The van der Waals surface area contributed by atoms with Gasteiger partial charge in [-0.3, -0.25) is 9.48 Å². The van der Waals surface area contributed by atoms with Gasteiger partial charge in [0.05, 0.1) is 30.0 Å². The van der Waals surface area contributed by atoms with Gasteiger partial charge in [0.1, 0.15) is 0 Å². The summed E-state index contributed by atoms with van der Waals surface area (Å²) in [5.74, 6) is 0.0738. The van der Waals surface area contributed by atoms with E-state index in [1.54, 1.807) is 10.9 Å². The molecule has 1 fully saturated rings. The van der Waals surface area contributed by atoms with Crippen LogP contribution in [0.2, 0.25) is 0 Å². The normalized spacial score (nSPS) is 17.4. The number of benzene rings is 1. The molecule has 0 N–H and O–H groups in total. The summed E-state index contributed by atoms with van der Waals surface area (Å²) in [4.78, 5) is 15.4. The van der Waals surface area contributed by atoms with Gasteiger partial charge in [-0.05, 0) is 49.9 Å². The third-order valence-electron chi connectivity index (χ3n) is 4.93. The first-order chi connectivity index (χ1) is 12.7. The molecule has 1 atom stereocenters. The molecule has 0 aliphatic carbocycles. The van der Waals surface area contributed by atoms with Crippen LogP contribution >= 0.6 is 0 Å². The van der Waals surface area contributed by atoms with Gasteiger partial charge in [0.2, 0.25) is 0 Å². The molecule has 6 heteroatoms. The minimum atomic E-state index is 0.0738. The Kier molecular flexibility index (Phi) is 4.56. The highest BCUT2D eigenvalue weighted by atomic mass is 16.2. The molecule has 3 aromatic rings. The van der Waals surface area contributed by atoms with E-state index in [9.17, 15) is 4.79 Å². The van der Waals surface area contributed by atoms with E-state index in [4.69, 9.17) is 0 Å². The van der Waals surface area contributed by atoms with Crippen LogP contribution in [0, 0.1) is 6.92 Å². The molecule has 4 rings (SSSR count). The smallest absolute Gasteiger partial charge is 0.256 e. The van der Waals surface area contributed by atoms with Crippen LogP contribution in [0.4, 0.5) is 0 Å². The van der Waals surface area contributed by atoms with Gasteiger partial charge in [0.25, 0.3) is 5.91 Å². The fourth-order valence-electron chi connectivity index (χ4n) is 3.66. The SMILES string of the molecule is Cc1cnn(C[C@@H]2CCCCN2C(=O)c2ccccc2-n2cccn2)c1. The van der Waals surface area contributed by atoms with Crippen molar-refractivity contribution < 1.29 is 4.79 Å². The van der Waals surface area contributed by atoms with Crippen LogP contribution in [0.25, 0.3) is 5.69 Å². The maximum Gasteiger partial charge on any atom is 0.256 e.